The number of halogens is 2. The van der Waals surface area contributed by atoms with E-state index < -0.39 is 0 Å². The number of rotatable bonds is 7. The first-order valence-electron chi connectivity index (χ1n) is 6.24. The fourth-order valence-electron chi connectivity index (χ4n) is 1.79. The van der Waals surface area contributed by atoms with E-state index in [1.54, 1.807) is 12.1 Å². The standard InChI is InChI=1S/C14H19BrFNO/c1-3-17(4-2)8-7-13(18)9-11-5-6-12(15)10-14(11)16/h5-6,10H,3-4,7-9H2,1-2H3. The molecule has 4 heteroatoms. The molecule has 18 heavy (non-hydrogen) atoms. The van der Waals surface area contributed by atoms with Crippen molar-refractivity contribution in [2.75, 3.05) is 19.6 Å². The van der Waals surface area contributed by atoms with Crippen LogP contribution in [0.4, 0.5) is 4.39 Å². The first-order chi connectivity index (χ1) is 8.56. The van der Waals surface area contributed by atoms with Crippen molar-refractivity contribution < 1.29 is 9.18 Å². The monoisotopic (exact) mass is 315 g/mol. The van der Waals surface area contributed by atoms with Gasteiger partial charge in [-0.15, -0.1) is 0 Å². The predicted molar refractivity (Wildman–Crippen MR) is 75.2 cm³/mol. The highest BCUT2D eigenvalue weighted by atomic mass is 79.9. The van der Waals surface area contributed by atoms with Crippen LogP contribution in [0.25, 0.3) is 0 Å². The highest BCUT2D eigenvalue weighted by molar-refractivity contribution is 9.10. The quantitative estimate of drug-likeness (QED) is 0.768. The Morgan fingerprint density at radius 3 is 2.56 bits per heavy atom. The van der Waals surface area contributed by atoms with Gasteiger partial charge >= 0.3 is 0 Å². The van der Waals surface area contributed by atoms with Crippen molar-refractivity contribution in [3.05, 3.63) is 34.1 Å². The zero-order chi connectivity index (χ0) is 13.5. The number of carbonyl (C=O) groups is 1. The second-order valence-corrected chi connectivity index (χ2v) is 5.14. The summed E-state index contributed by atoms with van der Waals surface area (Å²) in [7, 11) is 0. The van der Waals surface area contributed by atoms with Crippen LogP contribution in [0.3, 0.4) is 0 Å². The van der Waals surface area contributed by atoms with Gasteiger partial charge in [0.1, 0.15) is 11.6 Å². The molecule has 100 valence electrons. The van der Waals surface area contributed by atoms with Gasteiger partial charge in [0, 0.05) is 23.9 Å². The van der Waals surface area contributed by atoms with Crippen LogP contribution < -0.4 is 0 Å². The van der Waals surface area contributed by atoms with E-state index in [2.05, 4.69) is 34.7 Å². The summed E-state index contributed by atoms with van der Waals surface area (Å²) in [6.45, 7) is 6.78. The molecular formula is C14H19BrFNO. The minimum Gasteiger partial charge on any atom is -0.303 e. The molecule has 1 rings (SSSR count). The van der Waals surface area contributed by atoms with Gasteiger partial charge < -0.3 is 4.90 Å². The normalized spacial score (nSPS) is 10.9. The third kappa shape index (κ3) is 4.86. The lowest BCUT2D eigenvalue weighted by Gasteiger charge is -2.17. The average Bonchev–Trinajstić information content (AvgIpc) is 2.34. The van der Waals surface area contributed by atoms with Crippen LogP contribution >= 0.6 is 15.9 Å². The topological polar surface area (TPSA) is 20.3 Å². The Morgan fingerprint density at radius 1 is 1.33 bits per heavy atom. The van der Waals surface area contributed by atoms with Gasteiger partial charge in [-0.3, -0.25) is 4.79 Å². The fraction of sp³-hybridized carbons (Fsp3) is 0.500. The molecule has 0 fully saturated rings. The van der Waals surface area contributed by atoms with Crippen molar-refractivity contribution in [2.45, 2.75) is 26.7 Å². The largest absolute Gasteiger partial charge is 0.303 e. The van der Waals surface area contributed by atoms with Gasteiger partial charge in [0.2, 0.25) is 0 Å². The molecule has 0 aliphatic carbocycles. The Labute approximate surface area is 116 Å². The molecular weight excluding hydrogens is 297 g/mol. The summed E-state index contributed by atoms with van der Waals surface area (Å²) in [6.07, 6.45) is 0.664. The van der Waals surface area contributed by atoms with Crippen molar-refractivity contribution in [3.8, 4) is 0 Å². The number of Topliss-reactive ketones (excluding diaryl/α,β-unsaturated/α-hetero) is 1. The van der Waals surface area contributed by atoms with Gasteiger partial charge in [0.15, 0.2) is 0 Å². The molecule has 0 aromatic heterocycles. The van der Waals surface area contributed by atoms with Crippen LogP contribution in [-0.4, -0.2) is 30.3 Å². The number of hydrogen-bond donors (Lipinski definition) is 0. The van der Waals surface area contributed by atoms with Crippen LogP contribution in [0.15, 0.2) is 22.7 Å². The van der Waals surface area contributed by atoms with Crippen molar-refractivity contribution in [1.29, 1.82) is 0 Å². The van der Waals surface area contributed by atoms with E-state index in [0.717, 1.165) is 19.6 Å². The molecule has 0 saturated heterocycles. The van der Waals surface area contributed by atoms with Crippen LogP contribution in [-0.2, 0) is 11.2 Å². The molecule has 0 saturated carbocycles. The predicted octanol–water partition coefficient (Wildman–Crippen LogP) is 3.43. The molecule has 0 heterocycles. The Morgan fingerprint density at radius 2 is 2.00 bits per heavy atom. The van der Waals surface area contributed by atoms with E-state index >= 15 is 0 Å². The van der Waals surface area contributed by atoms with Gasteiger partial charge in [-0.05, 0) is 30.8 Å². The molecule has 0 amide bonds. The molecule has 1 aromatic carbocycles. The van der Waals surface area contributed by atoms with Gasteiger partial charge in [0.05, 0.1) is 0 Å². The number of carbonyl (C=O) groups excluding carboxylic acids is 1. The summed E-state index contributed by atoms with van der Waals surface area (Å²) in [4.78, 5) is 14.0. The van der Waals surface area contributed by atoms with Crippen LogP contribution in [0.5, 0.6) is 0 Å². The van der Waals surface area contributed by atoms with Crippen molar-refractivity contribution in [1.82, 2.24) is 4.90 Å². The molecule has 0 bridgehead atoms. The maximum absolute atomic E-state index is 13.5. The Bertz CT molecular complexity index is 405. The number of nitrogens with zero attached hydrogens (tertiary/aromatic N) is 1. The number of hydrogen-bond acceptors (Lipinski definition) is 2. The van der Waals surface area contributed by atoms with Crippen molar-refractivity contribution >= 4 is 21.7 Å². The Hall–Kier alpha value is -0.740. The van der Waals surface area contributed by atoms with Gasteiger partial charge in [-0.25, -0.2) is 4.39 Å². The summed E-state index contributed by atoms with van der Waals surface area (Å²) in [5.74, 6) is -0.233. The SMILES string of the molecule is CCN(CC)CCC(=O)Cc1ccc(Br)cc1F. The fourth-order valence-corrected chi connectivity index (χ4v) is 2.12. The molecule has 0 aliphatic heterocycles. The first kappa shape index (κ1) is 15.3. The average molecular weight is 316 g/mol. The second kappa shape index (κ2) is 7.64. The summed E-state index contributed by atoms with van der Waals surface area (Å²) in [6, 6.07) is 4.82. The minimum absolute atomic E-state index is 0.0862. The Kier molecular flexibility index (Phi) is 6.50. The second-order valence-electron chi connectivity index (χ2n) is 4.23. The minimum atomic E-state index is -0.319. The third-order valence-corrected chi connectivity index (χ3v) is 3.50. The highest BCUT2D eigenvalue weighted by Crippen LogP contribution is 2.16. The number of ketones is 1. The molecule has 0 N–H and O–H groups in total. The molecule has 1 aromatic rings. The highest BCUT2D eigenvalue weighted by Gasteiger charge is 2.10. The van der Waals surface area contributed by atoms with Crippen LogP contribution in [0.1, 0.15) is 25.8 Å². The van der Waals surface area contributed by atoms with Crippen LogP contribution in [0, 0.1) is 5.82 Å². The molecule has 0 atom stereocenters. The molecule has 0 unspecified atom stereocenters. The maximum atomic E-state index is 13.5. The lowest BCUT2D eigenvalue weighted by atomic mass is 10.1. The molecule has 2 nitrogen and oxygen atoms in total. The molecule has 0 aliphatic rings. The zero-order valence-electron chi connectivity index (χ0n) is 10.9. The van der Waals surface area contributed by atoms with Gasteiger partial charge in [0.25, 0.3) is 0 Å². The van der Waals surface area contributed by atoms with Crippen LogP contribution in [0.2, 0.25) is 0 Å². The van der Waals surface area contributed by atoms with Gasteiger partial charge in [-0.1, -0.05) is 35.8 Å². The summed E-state index contributed by atoms with van der Waals surface area (Å²) in [5.41, 5.74) is 0.475. The van der Waals surface area contributed by atoms with Gasteiger partial charge in [-0.2, -0.15) is 0 Å². The number of benzene rings is 1. The summed E-state index contributed by atoms with van der Waals surface area (Å²) >= 11 is 3.20. The van der Waals surface area contributed by atoms with Crippen molar-refractivity contribution in [3.63, 3.8) is 0 Å². The summed E-state index contributed by atoms with van der Waals surface area (Å²) < 4.78 is 14.2. The van der Waals surface area contributed by atoms with Crippen molar-refractivity contribution in [2.24, 2.45) is 0 Å². The molecule has 0 spiro atoms. The zero-order valence-corrected chi connectivity index (χ0v) is 12.5. The lowest BCUT2D eigenvalue weighted by Crippen LogP contribution is -2.26. The maximum Gasteiger partial charge on any atom is 0.138 e. The smallest absolute Gasteiger partial charge is 0.138 e. The Balaban J connectivity index is 2.49. The first-order valence-corrected chi connectivity index (χ1v) is 7.04. The van der Waals surface area contributed by atoms with E-state index in [0.29, 0.717) is 16.5 Å². The lowest BCUT2D eigenvalue weighted by molar-refractivity contribution is -0.118. The molecule has 0 radical (unpaired) electrons. The van der Waals surface area contributed by atoms with E-state index in [1.165, 1.54) is 6.07 Å². The third-order valence-electron chi connectivity index (χ3n) is 3.00. The summed E-state index contributed by atoms with van der Waals surface area (Å²) in [5, 5.41) is 0. The van der Waals surface area contributed by atoms with E-state index in [9.17, 15) is 9.18 Å². The van der Waals surface area contributed by atoms with E-state index in [1.807, 2.05) is 0 Å². The van der Waals surface area contributed by atoms with E-state index in [-0.39, 0.29) is 18.0 Å². The van der Waals surface area contributed by atoms with E-state index in [4.69, 9.17) is 0 Å².